The summed E-state index contributed by atoms with van der Waals surface area (Å²) < 4.78 is 6.25. The number of hydrogen-bond donors (Lipinski definition) is 0. The summed E-state index contributed by atoms with van der Waals surface area (Å²) in [4.78, 5) is 12.3. The summed E-state index contributed by atoms with van der Waals surface area (Å²) in [5.74, 6) is 0.841. The van der Waals surface area contributed by atoms with Crippen molar-refractivity contribution >= 4 is 28.4 Å². The molecule has 0 spiro atoms. The molecule has 0 amide bonds. The van der Waals surface area contributed by atoms with Gasteiger partial charge in [-0.05, 0) is 65.4 Å². The van der Waals surface area contributed by atoms with Crippen LogP contribution in [0.4, 0.5) is 0 Å². The highest BCUT2D eigenvalue weighted by Crippen LogP contribution is 2.21. The molecule has 3 heteroatoms. The van der Waals surface area contributed by atoms with E-state index in [9.17, 15) is 4.79 Å². The molecule has 0 N–H and O–H groups in total. The van der Waals surface area contributed by atoms with Crippen LogP contribution in [-0.4, -0.2) is 12.9 Å². The summed E-state index contributed by atoms with van der Waals surface area (Å²) in [6.45, 7) is 1.93. The maximum Gasteiger partial charge on any atom is 0.193 e. The first-order valence-electron chi connectivity index (χ1n) is 5.56. The molecule has 0 aliphatic heterocycles. The van der Waals surface area contributed by atoms with E-state index in [4.69, 9.17) is 4.74 Å². The molecule has 2 nitrogen and oxygen atoms in total. The summed E-state index contributed by atoms with van der Waals surface area (Å²) in [5, 5.41) is 0. The zero-order chi connectivity index (χ0) is 13.1. The van der Waals surface area contributed by atoms with Gasteiger partial charge in [-0.2, -0.15) is 0 Å². The minimum absolute atomic E-state index is 0.0410. The predicted octanol–water partition coefficient (Wildman–Crippen LogP) is 3.84. The molecule has 0 heterocycles. The van der Waals surface area contributed by atoms with E-state index in [0.717, 1.165) is 14.9 Å². The molecule has 2 aromatic rings. The number of benzene rings is 2. The molecule has 18 heavy (non-hydrogen) atoms. The molecule has 0 saturated carbocycles. The number of halogens is 1. The Morgan fingerprint density at radius 1 is 1.11 bits per heavy atom. The minimum atomic E-state index is 0.0410. The topological polar surface area (TPSA) is 26.3 Å². The van der Waals surface area contributed by atoms with E-state index in [1.165, 1.54) is 0 Å². The number of carbonyl (C=O) groups excluding carboxylic acids is 1. The molecule has 0 aliphatic carbocycles. The summed E-state index contributed by atoms with van der Waals surface area (Å²) >= 11 is 2.20. The molecular formula is C15H13IO2. The number of ether oxygens (including phenoxy) is 1. The van der Waals surface area contributed by atoms with E-state index in [-0.39, 0.29) is 5.78 Å². The molecule has 2 rings (SSSR count). The van der Waals surface area contributed by atoms with Crippen LogP contribution in [0.3, 0.4) is 0 Å². The monoisotopic (exact) mass is 352 g/mol. The van der Waals surface area contributed by atoms with Crippen LogP contribution in [0.5, 0.6) is 5.75 Å². The number of hydrogen-bond acceptors (Lipinski definition) is 2. The van der Waals surface area contributed by atoms with Crippen LogP contribution in [-0.2, 0) is 0 Å². The van der Waals surface area contributed by atoms with Crippen molar-refractivity contribution in [3.8, 4) is 5.75 Å². The van der Waals surface area contributed by atoms with Gasteiger partial charge >= 0.3 is 0 Å². The largest absolute Gasteiger partial charge is 0.496 e. The lowest BCUT2D eigenvalue weighted by molar-refractivity contribution is 0.103. The van der Waals surface area contributed by atoms with Gasteiger partial charge in [-0.25, -0.2) is 0 Å². The highest BCUT2D eigenvalue weighted by molar-refractivity contribution is 14.1. The average molecular weight is 352 g/mol. The fourth-order valence-corrected chi connectivity index (χ4v) is 2.36. The van der Waals surface area contributed by atoms with Gasteiger partial charge in [-0.15, -0.1) is 0 Å². The maximum absolute atomic E-state index is 12.3. The van der Waals surface area contributed by atoms with Gasteiger partial charge in [0.2, 0.25) is 0 Å². The van der Waals surface area contributed by atoms with Crippen LogP contribution in [0.2, 0.25) is 0 Å². The Labute approximate surface area is 120 Å². The molecule has 0 atom stereocenters. The van der Waals surface area contributed by atoms with Gasteiger partial charge in [0.05, 0.1) is 7.11 Å². The van der Waals surface area contributed by atoms with Gasteiger partial charge in [0.15, 0.2) is 5.78 Å². The van der Waals surface area contributed by atoms with E-state index < -0.39 is 0 Å². The molecule has 0 saturated heterocycles. The summed E-state index contributed by atoms with van der Waals surface area (Å²) in [6, 6.07) is 13.1. The van der Waals surface area contributed by atoms with Gasteiger partial charge in [-0.3, -0.25) is 4.79 Å². The molecule has 0 aliphatic rings. The van der Waals surface area contributed by atoms with Crippen molar-refractivity contribution < 1.29 is 9.53 Å². The number of ketones is 1. The summed E-state index contributed by atoms with van der Waals surface area (Å²) in [5.41, 5.74) is 2.37. The average Bonchev–Trinajstić information content (AvgIpc) is 2.37. The fourth-order valence-electron chi connectivity index (χ4n) is 1.82. The maximum atomic E-state index is 12.3. The van der Waals surface area contributed by atoms with Crippen molar-refractivity contribution in [1.29, 1.82) is 0 Å². The predicted molar refractivity (Wildman–Crippen MR) is 80.3 cm³/mol. The number of rotatable bonds is 3. The SMILES string of the molecule is COc1ccc(C(=O)c2cccc(I)c2)cc1C. The van der Waals surface area contributed by atoms with Crippen LogP contribution in [0.15, 0.2) is 42.5 Å². The van der Waals surface area contributed by atoms with E-state index in [2.05, 4.69) is 22.6 Å². The van der Waals surface area contributed by atoms with Gasteiger partial charge in [0.25, 0.3) is 0 Å². The van der Waals surface area contributed by atoms with Gasteiger partial charge in [-0.1, -0.05) is 12.1 Å². The normalized spacial score (nSPS) is 10.2. The van der Waals surface area contributed by atoms with Crippen molar-refractivity contribution in [3.05, 3.63) is 62.7 Å². The van der Waals surface area contributed by atoms with Gasteiger partial charge in [0.1, 0.15) is 5.75 Å². The molecule has 2 aromatic carbocycles. The van der Waals surface area contributed by atoms with Crippen LogP contribution in [0.1, 0.15) is 21.5 Å². The Morgan fingerprint density at radius 3 is 2.44 bits per heavy atom. The second kappa shape index (κ2) is 5.52. The lowest BCUT2D eigenvalue weighted by Gasteiger charge is -2.07. The Kier molecular flexibility index (Phi) is 4.01. The zero-order valence-corrected chi connectivity index (χ0v) is 12.4. The smallest absolute Gasteiger partial charge is 0.193 e. The van der Waals surface area contributed by atoms with Crippen LogP contribution in [0, 0.1) is 10.5 Å². The molecule has 0 bridgehead atoms. The summed E-state index contributed by atoms with van der Waals surface area (Å²) in [6.07, 6.45) is 0. The van der Waals surface area contributed by atoms with Gasteiger partial charge < -0.3 is 4.74 Å². The standard InChI is InChI=1S/C15H13IO2/c1-10-8-12(6-7-14(10)18-2)15(17)11-4-3-5-13(16)9-11/h3-9H,1-2H3. The van der Waals surface area contributed by atoms with Crippen molar-refractivity contribution in [2.24, 2.45) is 0 Å². The third kappa shape index (κ3) is 2.72. The first kappa shape index (κ1) is 13.1. The first-order valence-corrected chi connectivity index (χ1v) is 6.64. The molecule has 0 unspecified atom stereocenters. The van der Waals surface area contributed by atoms with Crippen molar-refractivity contribution in [2.75, 3.05) is 7.11 Å². The van der Waals surface area contributed by atoms with Crippen molar-refractivity contribution in [1.82, 2.24) is 0 Å². The second-order valence-electron chi connectivity index (χ2n) is 4.02. The van der Waals surface area contributed by atoms with Crippen molar-refractivity contribution in [2.45, 2.75) is 6.92 Å². The quantitative estimate of drug-likeness (QED) is 0.620. The Balaban J connectivity index is 2.37. The minimum Gasteiger partial charge on any atom is -0.496 e. The third-order valence-electron chi connectivity index (χ3n) is 2.74. The number of methoxy groups -OCH3 is 1. The van der Waals surface area contributed by atoms with Crippen LogP contribution < -0.4 is 4.74 Å². The Hall–Kier alpha value is -1.36. The zero-order valence-electron chi connectivity index (χ0n) is 10.2. The molecule has 92 valence electrons. The van der Waals surface area contributed by atoms with Gasteiger partial charge in [0, 0.05) is 14.7 Å². The van der Waals surface area contributed by atoms with Crippen LogP contribution in [0.25, 0.3) is 0 Å². The Morgan fingerprint density at radius 2 is 1.83 bits per heavy atom. The first-order chi connectivity index (χ1) is 8.61. The van der Waals surface area contributed by atoms with Crippen LogP contribution >= 0.6 is 22.6 Å². The lowest BCUT2D eigenvalue weighted by atomic mass is 10.0. The highest BCUT2D eigenvalue weighted by atomic mass is 127. The number of aryl methyl sites for hydroxylation is 1. The fraction of sp³-hybridized carbons (Fsp3) is 0.133. The molecular weight excluding hydrogens is 339 g/mol. The highest BCUT2D eigenvalue weighted by Gasteiger charge is 2.10. The number of carbonyl (C=O) groups is 1. The summed E-state index contributed by atoms with van der Waals surface area (Å²) in [7, 11) is 1.63. The van der Waals surface area contributed by atoms with E-state index in [0.29, 0.717) is 11.1 Å². The van der Waals surface area contributed by atoms with E-state index in [1.54, 1.807) is 13.2 Å². The molecule has 0 fully saturated rings. The Bertz CT molecular complexity index is 591. The molecule has 0 aromatic heterocycles. The lowest BCUT2D eigenvalue weighted by Crippen LogP contribution is -2.02. The van der Waals surface area contributed by atoms with Crippen molar-refractivity contribution in [3.63, 3.8) is 0 Å². The van der Waals surface area contributed by atoms with E-state index in [1.807, 2.05) is 43.3 Å². The third-order valence-corrected chi connectivity index (χ3v) is 3.41. The second-order valence-corrected chi connectivity index (χ2v) is 5.27. The molecule has 0 radical (unpaired) electrons. The van der Waals surface area contributed by atoms with E-state index >= 15 is 0 Å².